The minimum absolute atomic E-state index is 0.570. The number of hydrogen-bond acceptors (Lipinski definition) is 2. The van der Waals surface area contributed by atoms with E-state index >= 15 is 0 Å². The highest BCUT2D eigenvalue weighted by molar-refractivity contribution is 14.1. The molecule has 1 saturated carbocycles. The van der Waals surface area contributed by atoms with Crippen LogP contribution >= 0.6 is 34.2 Å². The molecule has 0 saturated heterocycles. The summed E-state index contributed by atoms with van der Waals surface area (Å²) >= 11 is 8.17. The standard InChI is InChI=1S/C11H14ClIN2/c12-10-6-8(13)7-11(15-10)14-9-4-2-1-3-5-9/h6-7,9H,1-5H2,(H,14,15). The molecule has 1 fully saturated rings. The molecule has 0 radical (unpaired) electrons. The summed E-state index contributed by atoms with van der Waals surface area (Å²) in [6, 6.07) is 4.50. The van der Waals surface area contributed by atoms with Crippen LogP contribution in [0.25, 0.3) is 0 Å². The molecule has 82 valence electrons. The number of hydrogen-bond donors (Lipinski definition) is 1. The number of nitrogens with zero attached hydrogens (tertiary/aromatic N) is 1. The molecule has 0 spiro atoms. The van der Waals surface area contributed by atoms with Crippen LogP contribution in [-0.2, 0) is 0 Å². The fourth-order valence-electron chi connectivity index (χ4n) is 2.00. The summed E-state index contributed by atoms with van der Waals surface area (Å²) in [5.41, 5.74) is 0. The zero-order valence-electron chi connectivity index (χ0n) is 8.47. The van der Waals surface area contributed by atoms with E-state index in [9.17, 15) is 0 Å². The quantitative estimate of drug-likeness (QED) is 0.650. The van der Waals surface area contributed by atoms with Gasteiger partial charge in [0.25, 0.3) is 0 Å². The molecule has 1 aromatic rings. The second kappa shape index (κ2) is 5.34. The number of nitrogens with one attached hydrogen (secondary N) is 1. The smallest absolute Gasteiger partial charge is 0.132 e. The Morgan fingerprint density at radius 2 is 2.00 bits per heavy atom. The monoisotopic (exact) mass is 336 g/mol. The van der Waals surface area contributed by atoms with Gasteiger partial charge in [-0.15, -0.1) is 0 Å². The van der Waals surface area contributed by atoms with Crippen molar-refractivity contribution >= 4 is 40.0 Å². The van der Waals surface area contributed by atoms with Gasteiger partial charge in [0.15, 0.2) is 0 Å². The van der Waals surface area contributed by atoms with E-state index in [2.05, 4.69) is 32.9 Å². The van der Waals surface area contributed by atoms with E-state index in [1.165, 1.54) is 32.1 Å². The minimum atomic E-state index is 0.570. The lowest BCUT2D eigenvalue weighted by Gasteiger charge is -2.23. The highest BCUT2D eigenvalue weighted by Gasteiger charge is 2.13. The van der Waals surface area contributed by atoms with Crippen LogP contribution in [0.3, 0.4) is 0 Å². The van der Waals surface area contributed by atoms with E-state index in [0.717, 1.165) is 9.39 Å². The van der Waals surface area contributed by atoms with Crippen LogP contribution < -0.4 is 5.32 Å². The predicted molar refractivity (Wildman–Crippen MR) is 72.5 cm³/mol. The highest BCUT2D eigenvalue weighted by Crippen LogP contribution is 2.22. The third-order valence-electron chi connectivity index (χ3n) is 2.72. The molecule has 1 aliphatic rings. The van der Waals surface area contributed by atoms with Crippen molar-refractivity contribution in [3.05, 3.63) is 20.9 Å². The van der Waals surface area contributed by atoms with Crippen LogP contribution in [0.2, 0.25) is 5.15 Å². The zero-order valence-corrected chi connectivity index (χ0v) is 11.4. The van der Waals surface area contributed by atoms with E-state index in [4.69, 9.17) is 11.6 Å². The maximum Gasteiger partial charge on any atom is 0.132 e. The van der Waals surface area contributed by atoms with Crippen molar-refractivity contribution in [2.45, 2.75) is 38.1 Å². The lowest BCUT2D eigenvalue weighted by atomic mass is 9.95. The average molecular weight is 337 g/mol. The summed E-state index contributed by atoms with van der Waals surface area (Å²) in [6.07, 6.45) is 6.54. The third-order valence-corrected chi connectivity index (χ3v) is 3.53. The van der Waals surface area contributed by atoms with E-state index < -0.39 is 0 Å². The summed E-state index contributed by atoms with van der Waals surface area (Å²) in [5, 5.41) is 4.03. The number of anilines is 1. The first kappa shape index (κ1) is 11.5. The molecule has 4 heteroatoms. The molecule has 0 aliphatic heterocycles. The number of aromatic nitrogens is 1. The maximum absolute atomic E-state index is 5.91. The molecule has 0 aromatic carbocycles. The van der Waals surface area contributed by atoms with Crippen LogP contribution in [0, 0.1) is 3.57 Å². The first-order valence-corrected chi connectivity index (χ1v) is 6.79. The van der Waals surface area contributed by atoms with Gasteiger partial charge in [-0.2, -0.15) is 0 Å². The third kappa shape index (κ3) is 3.48. The lowest BCUT2D eigenvalue weighted by Crippen LogP contribution is -2.22. The van der Waals surface area contributed by atoms with Crippen molar-refractivity contribution in [1.29, 1.82) is 0 Å². The van der Waals surface area contributed by atoms with Crippen molar-refractivity contribution < 1.29 is 0 Å². The fraction of sp³-hybridized carbons (Fsp3) is 0.545. The van der Waals surface area contributed by atoms with E-state index in [1.54, 1.807) is 0 Å². The van der Waals surface area contributed by atoms with Crippen LogP contribution in [0.15, 0.2) is 12.1 Å². The number of pyridine rings is 1. The molecule has 15 heavy (non-hydrogen) atoms. The summed E-state index contributed by atoms with van der Waals surface area (Å²) < 4.78 is 1.13. The summed E-state index contributed by atoms with van der Waals surface area (Å²) in [5.74, 6) is 0.916. The van der Waals surface area contributed by atoms with E-state index in [-0.39, 0.29) is 0 Å². The van der Waals surface area contributed by atoms with Crippen molar-refractivity contribution in [2.75, 3.05) is 5.32 Å². The average Bonchev–Trinajstić information content (AvgIpc) is 2.17. The molecule has 0 bridgehead atoms. The predicted octanol–water partition coefficient (Wildman–Crippen LogP) is 4.08. The second-order valence-corrected chi connectivity index (χ2v) is 5.61. The Morgan fingerprint density at radius 1 is 1.27 bits per heavy atom. The van der Waals surface area contributed by atoms with Gasteiger partial charge in [0.05, 0.1) is 0 Å². The maximum atomic E-state index is 5.91. The molecular formula is C11H14ClIN2. The molecule has 2 nitrogen and oxygen atoms in total. The van der Waals surface area contributed by atoms with Crippen molar-refractivity contribution in [1.82, 2.24) is 4.98 Å². The Balaban J connectivity index is 2.02. The Bertz CT molecular complexity index is 317. The van der Waals surface area contributed by atoms with E-state index in [0.29, 0.717) is 11.2 Å². The molecule has 1 heterocycles. The van der Waals surface area contributed by atoms with Gasteiger partial charge in [-0.25, -0.2) is 4.98 Å². The van der Waals surface area contributed by atoms with Crippen molar-refractivity contribution in [2.24, 2.45) is 0 Å². The van der Waals surface area contributed by atoms with Crippen molar-refractivity contribution in [3.8, 4) is 0 Å². The van der Waals surface area contributed by atoms with Gasteiger partial charge in [0.2, 0.25) is 0 Å². The van der Waals surface area contributed by atoms with Gasteiger partial charge >= 0.3 is 0 Å². The zero-order chi connectivity index (χ0) is 10.7. The normalized spacial score (nSPS) is 17.7. The molecular weight excluding hydrogens is 322 g/mol. The largest absolute Gasteiger partial charge is 0.367 e. The molecule has 1 aromatic heterocycles. The Morgan fingerprint density at radius 3 is 2.67 bits per heavy atom. The first-order chi connectivity index (χ1) is 7.24. The molecule has 0 atom stereocenters. The first-order valence-electron chi connectivity index (χ1n) is 5.34. The van der Waals surface area contributed by atoms with Crippen molar-refractivity contribution in [3.63, 3.8) is 0 Å². The highest BCUT2D eigenvalue weighted by atomic mass is 127. The summed E-state index contributed by atoms with van der Waals surface area (Å²) in [4.78, 5) is 4.28. The van der Waals surface area contributed by atoms with E-state index in [1.807, 2.05) is 12.1 Å². The molecule has 0 amide bonds. The topological polar surface area (TPSA) is 24.9 Å². The molecule has 1 N–H and O–H groups in total. The van der Waals surface area contributed by atoms with Gasteiger partial charge in [-0.05, 0) is 47.6 Å². The number of halogens is 2. The molecule has 0 unspecified atom stereocenters. The van der Waals surface area contributed by atoms with Gasteiger partial charge in [-0.1, -0.05) is 30.9 Å². The Kier molecular flexibility index (Phi) is 4.08. The van der Waals surface area contributed by atoms with Crippen LogP contribution in [0.5, 0.6) is 0 Å². The van der Waals surface area contributed by atoms with Crippen LogP contribution in [0.4, 0.5) is 5.82 Å². The van der Waals surface area contributed by atoms with Gasteiger partial charge < -0.3 is 5.32 Å². The van der Waals surface area contributed by atoms with Gasteiger partial charge in [-0.3, -0.25) is 0 Å². The molecule has 1 aliphatic carbocycles. The van der Waals surface area contributed by atoms with Crippen LogP contribution in [0.1, 0.15) is 32.1 Å². The number of rotatable bonds is 2. The Hall–Kier alpha value is -0.0300. The Labute approximate surface area is 109 Å². The summed E-state index contributed by atoms with van der Waals surface area (Å²) in [7, 11) is 0. The fourth-order valence-corrected chi connectivity index (χ4v) is 2.98. The molecule has 2 rings (SSSR count). The SMILES string of the molecule is Clc1cc(I)cc(NC2CCCCC2)n1. The minimum Gasteiger partial charge on any atom is -0.367 e. The summed E-state index contributed by atoms with van der Waals surface area (Å²) in [6.45, 7) is 0. The van der Waals surface area contributed by atoms with Crippen LogP contribution in [-0.4, -0.2) is 11.0 Å². The second-order valence-electron chi connectivity index (χ2n) is 3.97. The van der Waals surface area contributed by atoms with Gasteiger partial charge in [0.1, 0.15) is 11.0 Å². The lowest BCUT2D eigenvalue weighted by molar-refractivity contribution is 0.462. The van der Waals surface area contributed by atoms with Gasteiger partial charge in [0, 0.05) is 9.61 Å².